The zero-order chi connectivity index (χ0) is 24.4. The van der Waals surface area contributed by atoms with Crippen molar-refractivity contribution >= 4 is 35.2 Å². The number of amides is 2. The number of hydrogen-bond donors (Lipinski definition) is 0. The monoisotopic (exact) mass is 497 g/mol. The third-order valence-corrected chi connectivity index (χ3v) is 7.33. The van der Waals surface area contributed by atoms with Crippen LogP contribution in [0.15, 0.2) is 54.3 Å². The highest BCUT2D eigenvalue weighted by Crippen LogP contribution is 2.33. The first-order chi connectivity index (χ1) is 17.0. The zero-order valence-corrected chi connectivity index (χ0v) is 20.3. The minimum absolute atomic E-state index is 0.0429. The number of morpholine rings is 1. The summed E-state index contributed by atoms with van der Waals surface area (Å²) in [4.78, 5) is 32.4. The standard InChI is InChI=1S/C27H29ClFN3O3/c28-20-4-3-5-22(17-20)30-12-14-31(15-13-30)26(33)18-32-23-6-1-2-7-24(23)35-25(27(32)34)16-19-8-10-21(29)11-9-19/h3-5,8-11,16-17,23-24H,1-2,6-7,12-15,18H2/b25-16+. The van der Waals surface area contributed by atoms with Crippen molar-refractivity contribution in [3.63, 3.8) is 0 Å². The second-order valence-electron chi connectivity index (χ2n) is 9.35. The molecule has 2 heterocycles. The number of benzene rings is 2. The number of halogens is 2. The van der Waals surface area contributed by atoms with Crippen molar-refractivity contribution < 1.29 is 18.7 Å². The molecule has 2 aliphatic heterocycles. The first kappa shape index (κ1) is 23.7. The Morgan fingerprint density at radius 3 is 2.54 bits per heavy atom. The van der Waals surface area contributed by atoms with E-state index in [0.29, 0.717) is 36.8 Å². The zero-order valence-electron chi connectivity index (χ0n) is 19.5. The molecule has 2 saturated heterocycles. The van der Waals surface area contributed by atoms with E-state index in [1.54, 1.807) is 23.1 Å². The number of anilines is 1. The summed E-state index contributed by atoms with van der Waals surface area (Å²) in [5, 5.41) is 0.693. The highest BCUT2D eigenvalue weighted by molar-refractivity contribution is 6.30. The maximum Gasteiger partial charge on any atom is 0.289 e. The quantitative estimate of drug-likeness (QED) is 0.590. The average Bonchev–Trinajstić information content (AvgIpc) is 2.88. The smallest absolute Gasteiger partial charge is 0.289 e. The Morgan fingerprint density at radius 2 is 1.80 bits per heavy atom. The van der Waals surface area contributed by atoms with Gasteiger partial charge in [0.15, 0.2) is 5.76 Å². The number of fused-ring (bicyclic) bond motifs is 1. The number of nitrogens with zero attached hydrogens (tertiary/aromatic N) is 3. The van der Waals surface area contributed by atoms with E-state index in [0.717, 1.165) is 31.4 Å². The number of rotatable bonds is 4. The number of carbonyl (C=O) groups is 2. The van der Waals surface area contributed by atoms with E-state index in [2.05, 4.69) is 4.90 Å². The molecule has 3 aliphatic rings. The van der Waals surface area contributed by atoms with Crippen LogP contribution in [0.5, 0.6) is 0 Å². The summed E-state index contributed by atoms with van der Waals surface area (Å²) in [5.41, 5.74) is 1.74. The molecular formula is C27H29ClFN3O3. The Hall–Kier alpha value is -3.06. The third-order valence-electron chi connectivity index (χ3n) is 7.10. The summed E-state index contributed by atoms with van der Waals surface area (Å²) in [6.45, 7) is 2.66. The van der Waals surface area contributed by atoms with Crippen LogP contribution >= 0.6 is 11.6 Å². The molecular weight excluding hydrogens is 469 g/mol. The minimum Gasteiger partial charge on any atom is -0.482 e. The minimum atomic E-state index is -0.335. The molecule has 0 spiro atoms. The van der Waals surface area contributed by atoms with Crippen molar-refractivity contribution in [1.82, 2.24) is 9.80 Å². The summed E-state index contributed by atoms with van der Waals surface area (Å²) in [6.07, 6.45) is 5.25. The average molecular weight is 498 g/mol. The first-order valence-electron chi connectivity index (χ1n) is 12.2. The van der Waals surface area contributed by atoms with Crippen molar-refractivity contribution in [2.24, 2.45) is 0 Å². The summed E-state index contributed by atoms with van der Waals surface area (Å²) in [6, 6.07) is 13.6. The molecule has 0 bridgehead atoms. The highest BCUT2D eigenvalue weighted by atomic mass is 35.5. The molecule has 184 valence electrons. The number of hydrogen-bond acceptors (Lipinski definition) is 4. The number of ether oxygens (including phenoxy) is 1. The molecule has 2 amide bonds. The Labute approximate surface area is 209 Å². The van der Waals surface area contributed by atoms with E-state index >= 15 is 0 Å². The molecule has 1 saturated carbocycles. The van der Waals surface area contributed by atoms with Crippen molar-refractivity contribution in [2.45, 2.75) is 37.8 Å². The molecule has 6 nitrogen and oxygen atoms in total. The summed E-state index contributed by atoms with van der Waals surface area (Å²) in [5.74, 6) is -0.434. The fourth-order valence-electron chi connectivity index (χ4n) is 5.20. The van der Waals surface area contributed by atoms with E-state index in [-0.39, 0.29) is 42.1 Å². The lowest BCUT2D eigenvalue weighted by molar-refractivity contribution is -0.154. The number of piperazine rings is 1. The maximum atomic E-state index is 13.4. The SMILES string of the molecule is O=C(CN1C(=O)/C(=C\c2ccc(F)cc2)OC2CCCCC21)N1CCN(c2cccc(Cl)c2)CC1. The Bertz CT molecular complexity index is 1110. The molecule has 35 heavy (non-hydrogen) atoms. The van der Waals surface area contributed by atoms with Crippen LogP contribution in [0, 0.1) is 5.82 Å². The lowest BCUT2D eigenvalue weighted by Gasteiger charge is -2.45. The predicted molar refractivity (Wildman–Crippen MR) is 133 cm³/mol. The van der Waals surface area contributed by atoms with Crippen LogP contribution in [-0.2, 0) is 14.3 Å². The lowest BCUT2D eigenvalue weighted by atomic mass is 9.89. The molecule has 0 N–H and O–H groups in total. The largest absolute Gasteiger partial charge is 0.482 e. The maximum absolute atomic E-state index is 13.4. The Balaban J connectivity index is 1.28. The molecule has 2 aromatic rings. The van der Waals surface area contributed by atoms with Crippen LogP contribution in [0.1, 0.15) is 31.2 Å². The topological polar surface area (TPSA) is 53.1 Å². The molecule has 0 radical (unpaired) electrons. The van der Waals surface area contributed by atoms with Crippen LogP contribution in [-0.4, -0.2) is 66.5 Å². The number of carbonyl (C=O) groups excluding carboxylic acids is 2. The molecule has 2 atom stereocenters. The fourth-order valence-corrected chi connectivity index (χ4v) is 5.39. The van der Waals surface area contributed by atoms with Gasteiger partial charge in [-0.1, -0.05) is 36.2 Å². The fraction of sp³-hybridized carbons (Fsp3) is 0.407. The van der Waals surface area contributed by atoms with Gasteiger partial charge in [0.1, 0.15) is 18.5 Å². The molecule has 8 heteroatoms. The molecule has 3 fully saturated rings. The van der Waals surface area contributed by atoms with Gasteiger partial charge in [0.25, 0.3) is 5.91 Å². The van der Waals surface area contributed by atoms with E-state index < -0.39 is 0 Å². The lowest BCUT2D eigenvalue weighted by Crippen LogP contribution is -2.58. The van der Waals surface area contributed by atoms with Gasteiger partial charge in [-0.05, 0) is 61.2 Å². The van der Waals surface area contributed by atoms with Gasteiger partial charge in [-0.3, -0.25) is 9.59 Å². The van der Waals surface area contributed by atoms with E-state index in [9.17, 15) is 14.0 Å². The molecule has 2 unspecified atom stereocenters. The molecule has 5 rings (SSSR count). The highest BCUT2D eigenvalue weighted by Gasteiger charge is 2.42. The van der Waals surface area contributed by atoms with Crippen molar-refractivity contribution in [3.05, 3.63) is 70.7 Å². The normalized spacial score (nSPS) is 23.8. The van der Waals surface area contributed by atoms with Crippen LogP contribution in [0.4, 0.5) is 10.1 Å². The van der Waals surface area contributed by atoms with Gasteiger partial charge < -0.3 is 19.4 Å². The molecule has 2 aromatic carbocycles. The Kier molecular flexibility index (Phi) is 6.95. The molecule has 0 aromatic heterocycles. The van der Waals surface area contributed by atoms with Gasteiger partial charge in [0.05, 0.1) is 6.04 Å². The molecule has 1 aliphatic carbocycles. The first-order valence-corrected chi connectivity index (χ1v) is 12.6. The van der Waals surface area contributed by atoms with Crippen LogP contribution in [0.3, 0.4) is 0 Å². The summed E-state index contributed by atoms with van der Waals surface area (Å²) in [7, 11) is 0. The second-order valence-corrected chi connectivity index (χ2v) is 9.79. The van der Waals surface area contributed by atoms with Gasteiger partial charge in [-0.15, -0.1) is 0 Å². The van der Waals surface area contributed by atoms with Gasteiger partial charge >= 0.3 is 0 Å². The van der Waals surface area contributed by atoms with E-state index in [1.807, 2.05) is 29.2 Å². The van der Waals surface area contributed by atoms with E-state index in [1.165, 1.54) is 12.1 Å². The van der Waals surface area contributed by atoms with Crippen molar-refractivity contribution in [1.29, 1.82) is 0 Å². The van der Waals surface area contributed by atoms with Gasteiger partial charge in [-0.2, -0.15) is 0 Å². The van der Waals surface area contributed by atoms with Crippen molar-refractivity contribution in [3.8, 4) is 0 Å². The van der Waals surface area contributed by atoms with Crippen LogP contribution in [0.25, 0.3) is 6.08 Å². The second kappa shape index (κ2) is 10.3. The predicted octanol–water partition coefficient (Wildman–Crippen LogP) is 4.34. The van der Waals surface area contributed by atoms with Gasteiger partial charge in [0.2, 0.25) is 5.91 Å². The van der Waals surface area contributed by atoms with Crippen LogP contribution in [0.2, 0.25) is 5.02 Å². The third kappa shape index (κ3) is 5.30. The Morgan fingerprint density at radius 1 is 1.06 bits per heavy atom. The van der Waals surface area contributed by atoms with Gasteiger partial charge in [0, 0.05) is 36.9 Å². The van der Waals surface area contributed by atoms with Crippen LogP contribution < -0.4 is 4.90 Å². The summed E-state index contributed by atoms with van der Waals surface area (Å²) < 4.78 is 19.4. The summed E-state index contributed by atoms with van der Waals surface area (Å²) >= 11 is 6.13. The van der Waals surface area contributed by atoms with E-state index in [4.69, 9.17) is 16.3 Å². The van der Waals surface area contributed by atoms with Crippen molar-refractivity contribution in [2.75, 3.05) is 37.6 Å². The van der Waals surface area contributed by atoms with Gasteiger partial charge in [-0.25, -0.2) is 4.39 Å².